The van der Waals surface area contributed by atoms with Crippen molar-refractivity contribution in [3.05, 3.63) is 63.8 Å². The van der Waals surface area contributed by atoms with Crippen molar-refractivity contribution in [3.63, 3.8) is 0 Å². The van der Waals surface area contributed by atoms with Crippen molar-refractivity contribution < 1.29 is 14.0 Å². The first-order chi connectivity index (χ1) is 13.0. The number of likely N-dealkylation sites (tertiary alicyclic amines) is 1. The van der Waals surface area contributed by atoms with Crippen LogP contribution >= 0.6 is 15.9 Å². The quantitative estimate of drug-likeness (QED) is 0.641. The van der Waals surface area contributed by atoms with Crippen LogP contribution in [0, 0.1) is 6.92 Å². The van der Waals surface area contributed by atoms with Gasteiger partial charge in [0.25, 0.3) is 11.8 Å². The second-order valence-electron chi connectivity index (χ2n) is 6.72. The molecule has 1 fully saturated rings. The highest BCUT2D eigenvalue weighted by atomic mass is 79.9. The van der Waals surface area contributed by atoms with Crippen LogP contribution in [0.1, 0.15) is 39.3 Å². The lowest BCUT2D eigenvalue weighted by molar-refractivity contribution is 0.0793. The molecular formula is C21H19BrN2O3. The molecule has 0 atom stereocenters. The number of amides is 2. The Balaban J connectivity index is 1.66. The Morgan fingerprint density at radius 2 is 1.85 bits per heavy atom. The predicted molar refractivity (Wildman–Crippen MR) is 108 cm³/mol. The lowest BCUT2D eigenvalue weighted by Crippen LogP contribution is -2.29. The van der Waals surface area contributed by atoms with Crippen molar-refractivity contribution in [1.82, 2.24) is 4.90 Å². The minimum atomic E-state index is -0.372. The molecule has 0 unspecified atom stereocenters. The Morgan fingerprint density at radius 1 is 1.11 bits per heavy atom. The third-order valence-electron chi connectivity index (χ3n) is 4.85. The molecule has 0 saturated carbocycles. The van der Waals surface area contributed by atoms with Crippen LogP contribution in [0.25, 0.3) is 11.0 Å². The summed E-state index contributed by atoms with van der Waals surface area (Å²) in [5.74, 6) is -0.207. The number of rotatable bonds is 3. The zero-order valence-corrected chi connectivity index (χ0v) is 16.5. The minimum Gasteiger partial charge on any atom is -0.450 e. The number of nitrogens with zero attached hydrogens (tertiary/aromatic N) is 1. The highest BCUT2D eigenvalue weighted by Crippen LogP contribution is 2.29. The molecule has 0 bridgehead atoms. The third kappa shape index (κ3) is 3.37. The van der Waals surface area contributed by atoms with E-state index in [1.165, 1.54) is 0 Å². The molecule has 1 aromatic heterocycles. The molecule has 6 heteroatoms. The van der Waals surface area contributed by atoms with Crippen molar-refractivity contribution in [1.29, 1.82) is 0 Å². The van der Waals surface area contributed by atoms with Crippen molar-refractivity contribution in [2.24, 2.45) is 0 Å². The molecule has 2 heterocycles. The second kappa shape index (κ2) is 7.19. The van der Waals surface area contributed by atoms with Crippen LogP contribution in [-0.4, -0.2) is 29.8 Å². The van der Waals surface area contributed by atoms with E-state index in [-0.39, 0.29) is 17.6 Å². The van der Waals surface area contributed by atoms with Gasteiger partial charge in [0, 0.05) is 18.5 Å². The monoisotopic (exact) mass is 426 g/mol. The van der Waals surface area contributed by atoms with Gasteiger partial charge >= 0.3 is 0 Å². The molecule has 1 N–H and O–H groups in total. The van der Waals surface area contributed by atoms with Crippen LogP contribution in [-0.2, 0) is 0 Å². The van der Waals surface area contributed by atoms with Crippen LogP contribution < -0.4 is 5.32 Å². The first kappa shape index (κ1) is 17.8. The van der Waals surface area contributed by atoms with Gasteiger partial charge in [-0.3, -0.25) is 9.59 Å². The highest BCUT2D eigenvalue weighted by Gasteiger charge is 2.24. The van der Waals surface area contributed by atoms with E-state index in [4.69, 9.17) is 4.42 Å². The summed E-state index contributed by atoms with van der Waals surface area (Å²) in [6, 6.07) is 12.8. The number of furan rings is 1. The van der Waals surface area contributed by atoms with E-state index in [0.29, 0.717) is 16.8 Å². The van der Waals surface area contributed by atoms with E-state index in [0.717, 1.165) is 41.4 Å². The number of hydrogen-bond donors (Lipinski definition) is 1. The average Bonchev–Trinajstić information content (AvgIpc) is 3.33. The lowest BCUT2D eigenvalue weighted by atomic mass is 10.1. The zero-order chi connectivity index (χ0) is 19.0. The fourth-order valence-electron chi connectivity index (χ4n) is 3.42. The molecule has 0 radical (unpaired) electrons. The summed E-state index contributed by atoms with van der Waals surface area (Å²) in [4.78, 5) is 27.5. The summed E-state index contributed by atoms with van der Waals surface area (Å²) in [7, 11) is 0. The van der Waals surface area contributed by atoms with E-state index >= 15 is 0 Å². The Kier molecular flexibility index (Phi) is 4.74. The molecule has 0 aliphatic carbocycles. The SMILES string of the molecule is Cc1cccc(C(=O)N2CCCC2)c1NC(=O)c1cc2cccc(Br)c2o1. The van der Waals surface area contributed by atoms with Gasteiger partial charge in [0.1, 0.15) is 5.58 Å². The predicted octanol–water partition coefficient (Wildman–Crippen LogP) is 4.99. The number of carbonyl (C=O) groups excluding carboxylic acids is 2. The molecule has 1 aliphatic rings. The van der Waals surface area contributed by atoms with E-state index in [9.17, 15) is 9.59 Å². The van der Waals surface area contributed by atoms with Gasteiger partial charge in [-0.05, 0) is 59.5 Å². The van der Waals surface area contributed by atoms with Gasteiger partial charge < -0.3 is 14.6 Å². The molecule has 2 amide bonds. The van der Waals surface area contributed by atoms with Gasteiger partial charge in [-0.1, -0.05) is 24.3 Å². The smallest absolute Gasteiger partial charge is 0.291 e. The van der Waals surface area contributed by atoms with Gasteiger partial charge in [-0.15, -0.1) is 0 Å². The number of nitrogens with one attached hydrogen (secondary N) is 1. The minimum absolute atomic E-state index is 0.0427. The van der Waals surface area contributed by atoms with Crippen LogP contribution in [0.2, 0.25) is 0 Å². The van der Waals surface area contributed by atoms with E-state index in [2.05, 4.69) is 21.2 Å². The average molecular weight is 427 g/mol. The Hall–Kier alpha value is -2.60. The summed E-state index contributed by atoms with van der Waals surface area (Å²) < 4.78 is 6.51. The number of para-hydroxylation sites is 2. The summed E-state index contributed by atoms with van der Waals surface area (Å²) in [5, 5.41) is 3.72. The molecule has 27 heavy (non-hydrogen) atoms. The first-order valence-electron chi connectivity index (χ1n) is 8.93. The third-order valence-corrected chi connectivity index (χ3v) is 5.48. The zero-order valence-electron chi connectivity index (χ0n) is 14.9. The molecule has 3 aromatic rings. The van der Waals surface area contributed by atoms with Crippen LogP contribution in [0.4, 0.5) is 5.69 Å². The Morgan fingerprint density at radius 3 is 2.59 bits per heavy atom. The maximum absolute atomic E-state index is 12.9. The Labute approximate surface area is 165 Å². The molecule has 5 nitrogen and oxygen atoms in total. The van der Waals surface area contributed by atoms with Crippen LogP contribution in [0.15, 0.2) is 51.4 Å². The number of halogens is 1. The maximum Gasteiger partial charge on any atom is 0.291 e. The number of anilines is 1. The van der Waals surface area contributed by atoms with E-state index in [1.807, 2.05) is 42.2 Å². The summed E-state index contributed by atoms with van der Waals surface area (Å²) in [6.07, 6.45) is 2.04. The van der Waals surface area contributed by atoms with Gasteiger partial charge in [-0.2, -0.15) is 0 Å². The van der Waals surface area contributed by atoms with Gasteiger partial charge in [0.2, 0.25) is 0 Å². The van der Waals surface area contributed by atoms with Gasteiger partial charge in [0.15, 0.2) is 5.76 Å². The lowest BCUT2D eigenvalue weighted by Gasteiger charge is -2.19. The summed E-state index contributed by atoms with van der Waals surface area (Å²) in [5.41, 5.74) is 2.52. The van der Waals surface area contributed by atoms with Crippen molar-refractivity contribution >= 4 is 44.4 Å². The van der Waals surface area contributed by atoms with Crippen LogP contribution in [0.3, 0.4) is 0 Å². The standard InChI is InChI=1S/C21H19BrN2O3/c1-13-6-4-8-15(21(26)24-10-2-3-11-24)18(13)23-20(25)17-12-14-7-5-9-16(22)19(14)27-17/h4-9,12H,2-3,10-11H2,1H3,(H,23,25). The maximum atomic E-state index is 12.9. The number of carbonyl (C=O) groups is 2. The Bertz CT molecular complexity index is 1040. The number of fused-ring (bicyclic) bond motifs is 1. The van der Waals surface area contributed by atoms with Crippen LogP contribution in [0.5, 0.6) is 0 Å². The number of hydrogen-bond acceptors (Lipinski definition) is 3. The largest absolute Gasteiger partial charge is 0.450 e. The number of aryl methyl sites for hydroxylation is 1. The topological polar surface area (TPSA) is 62.6 Å². The summed E-state index contributed by atoms with van der Waals surface area (Å²) in [6.45, 7) is 3.40. The first-order valence-corrected chi connectivity index (χ1v) is 9.72. The molecule has 1 aliphatic heterocycles. The van der Waals surface area contributed by atoms with Crippen molar-refractivity contribution in [2.75, 3.05) is 18.4 Å². The van der Waals surface area contributed by atoms with Crippen molar-refractivity contribution in [2.45, 2.75) is 19.8 Å². The summed E-state index contributed by atoms with van der Waals surface area (Å²) >= 11 is 3.43. The van der Waals surface area contributed by atoms with Gasteiger partial charge in [0.05, 0.1) is 15.7 Å². The molecular weight excluding hydrogens is 408 g/mol. The number of benzene rings is 2. The molecule has 1 saturated heterocycles. The molecule has 2 aromatic carbocycles. The van der Waals surface area contributed by atoms with E-state index in [1.54, 1.807) is 12.1 Å². The van der Waals surface area contributed by atoms with Gasteiger partial charge in [-0.25, -0.2) is 0 Å². The normalized spacial score (nSPS) is 13.9. The van der Waals surface area contributed by atoms with E-state index < -0.39 is 0 Å². The second-order valence-corrected chi connectivity index (χ2v) is 7.57. The fraction of sp³-hybridized carbons (Fsp3) is 0.238. The molecule has 4 rings (SSSR count). The van der Waals surface area contributed by atoms with Crippen molar-refractivity contribution in [3.8, 4) is 0 Å². The molecule has 138 valence electrons. The molecule has 0 spiro atoms. The highest BCUT2D eigenvalue weighted by molar-refractivity contribution is 9.10. The fourth-order valence-corrected chi connectivity index (χ4v) is 3.88.